The van der Waals surface area contributed by atoms with Crippen molar-refractivity contribution in [3.8, 4) is 0 Å². The highest BCUT2D eigenvalue weighted by atomic mass is 32.2. The van der Waals surface area contributed by atoms with E-state index in [1.807, 2.05) is 30.3 Å². The Bertz CT molecular complexity index is 1760. The molecule has 2 N–H and O–H groups in total. The fraction of sp³-hybridized carbons (Fsp3) is 0.0741. The summed E-state index contributed by atoms with van der Waals surface area (Å²) in [7, 11) is -4.01. The molecule has 0 unspecified atom stereocenters. The maximum atomic E-state index is 12.7. The van der Waals surface area contributed by atoms with Crippen LogP contribution in [0.25, 0.3) is 21.8 Å². The molecule has 0 aliphatic carbocycles. The Morgan fingerprint density at radius 1 is 0.919 bits per heavy atom. The van der Waals surface area contributed by atoms with Crippen molar-refractivity contribution in [3.05, 3.63) is 107 Å². The van der Waals surface area contributed by atoms with Crippen molar-refractivity contribution in [2.24, 2.45) is 5.10 Å². The summed E-state index contributed by atoms with van der Waals surface area (Å²) >= 11 is 0. The van der Waals surface area contributed by atoms with Crippen LogP contribution in [0.3, 0.4) is 0 Å². The van der Waals surface area contributed by atoms with Gasteiger partial charge in [0.2, 0.25) is 0 Å². The number of benzene rings is 4. The lowest BCUT2D eigenvalue weighted by Crippen LogP contribution is -2.13. The fourth-order valence-corrected chi connectivity index (χ4v) is 5.39. The van der Waals surface area contributed by atoms with E-state index in [9.17, 15) is 18.5 Å². The molecule has 37 heavy (non-hydrogen) atoms. The molecule has 0 amide bonds. The third-order valence-corrected chi connectivity index (χ3v) is 7.39. The average Bonchev–Trinajstić information content (AvgIpc) is 3.22. The molecule has 0 aliphatic heterocycles. The molecule has 0 atom stereocenters. The third-order valence-electron chi connectivity index (χ3n) is 6.01. The molecule has 10 heteroatoms. The second-order valence-corrected chi connectivity index (χ2v) is 10.00. The lowest BCUT2D eigenvalue weighted by Gasteiger charge is -2.09. The van der Waals surface area contributed by atoms with Crippen molar-refractivity contribution >= 4 is 55.1 Å². The van der Waals surface area contributed by atoms with E-state index in [4.69, 9.17) is 0 Å². The molecule has 0 radical (unpaired) electrons. The van der Waals surface area contributed by atoms with Gasteiger partial charge in [0.1, 0.15) is 5.69 Å². The summed E-state index contributed by atoms with van der Waals surface area (Å²) in [5.74, 6) is 0. The van der Waals surface area contributed by atoms with E-state index in [1.165, 1.54) is 12.1 Å². The zero-order valence-corrected chi connectivity index (χ0v) is 20.6. The smallest absolute Gasteiger partial charge is 0.295 e. The minimum atomic E-state index is -4.01. The number of nitrogens with one attached hydrogen (secondary N) is 2. The Kier molecular flexibility index (Phi) is 6.33. The van der Waals surface area contributed by atoms with Crippen LogP contribution in [0.2, 0.25) is 0 Å². The molecule has 5 rings (SSSR count). The molecule has 4 aromatic carbocycles. The highest BCUT2D eigenvalue weighted by Crippen LogP contribution is 2.30. The van der Waals surface area contributed by atoms with Crippen molar-refractivity contribution in [2.45, 2.75) is 18.4 Å². The number of fused-ring (bicyclic) bond motifs is 3. The highest BCUT2D eigenvalue weighted by molar-refractivity contribution is 7.92. The molecule has 0 aliphatic rings. The van der Waals surface area contributed by atoms with Gasteiger partial charge < -0.3 is 4.57 Å². The lowest BCUT2D eigenvalue weighted by molar-refractivity contribution is -0.384. The van der Waals surface area contributed by atoms with Gasteiger partial charge in [-0.05, 0) is 55.0 Å². The van der Waals surface area contributed by atoms with Crippen molar-refractivity contribution < 1.29 is 13.3 Å². The second kappa shape index (κ2) is 9.75. The number of aryl methyl sites for hydroxylation is 1. The van der Waals surface area contributed by atoms with E-state index in [2.05, 4.69) is 38.9 Å². The molecule has 186 valence electrons. The Labute approximate surface area is 213 Å². The average molecular weight is 514 g/mol. The number of sulfonamides is 1. The van der Waals surface area contributed by atoms with Gasteiger partial charge in [0.25, 0.3) is 15.7 Å². The summed E-state index contributed by atoms with van der Waals surface area (Å²) < 4.78 is 30.1. The topological polar surface area (TPSA) is 119 Å². The van der Waals surface area contributed by atoms with Gasteiger partial charge in [-0.25, -0.2) is 8.42 Å². The van der Waals surface area contributed by atoms with Crippen LogP contribution in [0.15, 0.2) is 101 Å². The first-order chi connectivity index (χ1) is 17.9. The monoisotopic (exact) mass is 513 g/mol. The Morgan fingerprint density at radius 2 is 1.65 bits per heavy atom. The number of hydrogen-bond donors (Lipinski definition) is 2. The summed E-state index contributed by atoms with van der Waals surface area (Å²) in [5, 5.41) is 18.1. The standard InChI is InChI=1S/C27H23N5O4S/c1-2-31-25-11-7-6-10-22(25)23-16-19(12-15-26(23)31)18-28-29-24-14-13-21(17-27(24)32(33)34)37(35,36)30-20-8-4-3-5-9-20/h3-18,29-30H,2H2,1H3. The van der Waals surface area contributed by atoms with Crippen LogP contribution in [0.4, 0.5) is 17.1 Å². The summed E-state index contributed by atoms with van der Waals surface area (Å²) in [6, 6.07) is 26.1. The number of nitro groups is 1. The molecular formula is C27H23N5O4S. The Morgan fingerprint density at radius 3 is 2.41 bits per heavy atom. The van der Waals surface area contributed by atoms with Crippen LogP contribution in [0, 0.1) is 10.1 Å². The molecule has 1 heterocycles. The number of nitro benzene ring substituents is 1. The summed E-state index contributed by atoms with van der Waals surface area (Å²) in [4.78, 5) is 10.8. The van der Waals surface area contributed by atoms with E-state index < -0.39 is 20.6 Å². The first-order valence-electron chi connectivity index (χ1n) is 11.5. The van der Waals surface area contributed by atoms with Crippen LogP contribution >= 0.6 is 0 Å². The fourth-order valence-electron chi connectivity index (χ4n) is 4.31. The minimum absolute atomic E-state index is 0.0728. The molecular weight excluding hydrogens is 490 g/mol. The Hall–Kier alpha value is -4.70. The van der Waals surface area contributed by atoms with Gasteiger partial charge in [-0.15, -0.1) is 0 Å². The van der Waals surface area contributed by atoms with Gasteiger partial charge in [0.15, 0.2) is 0 Å². The second-order valence-electron chi connectivity index (χ2n) is 8.32. The summed E-state index contributed by atoms with van der Waals surface area (Å²) in [5.41, 5.74) is 5.78. The maximum absolute atomic E-state index is 12.7. The van der Waals surface area contributed by atoms with E-state index in [1.54, 1.807) is 36.5 Å². The minimum Gasteiger partial charge on any atom is -0.341 e. The molecule has 0 saturated carbocycles. The molecule has 0 spiro atoms. The van der Waals surface area contributed by atoms with Crippen molar-refractivity contribution in [1.29, 1.82) is 0 Å². The largest absolute Gasteiger partial charge is 0.341 e. The van der Waals surface area contributed by atoms with Gasteiger partial charge in [0, 0.05) is 40.1 Å². The number of hydrogen-bond acceptors (Lipinski definition) is 6. The first-order valence-corrected chi connectivity index (χ1v) is 13.0. The number of hydrazone groups is 1. The number of para-hydroxylation sites is 2. The quantitative estimate of drug-likeness (QED) is 0.151. The van der Waals surface area contributed by atoms with Crippen LogP contribution in [0.1, 0.15) is 12.5 Å². The summed E-state index contributed by atoms with van der Waals surface area (Å²) in [6.45, 7) is 2.95. The van der Waals surface area contributed by atoms with E-state index in [-0.39, 0.29) is 10.6 Å². The van der Waals surface area contributed by atoms with Gasteiger partial charge in [-0.2, -0.15) is 5.10 Å². The molecule has 9 nitrogen and oxygen atoms in total. The van der Waals surface area contributed by atoms with Crippen LogP contribution in [-0.4, -0.2) is 24.1 Å². The third kappa shape index (κ3) is 4.74. The van der Waals surface area contributed by atoms with E-state index in [0.29, 0.717) is 5.69 Å². The molecule has 0 saturated heterocycles. The number of rotatable bonds is 8. The normalized spacial score (nSPS) is 11.8. The number of anilines is 2. The van der Waals surface area contributed by atoms with Crippen molar-refractivity contribution in [2.75, 3.05) is 10.1 Å². The molecule has 1 aromatic heterocycles. The SMILES string of the molecule is CCn1c2ccccc2c2cc(C=NNc3ccc(S(=O)(=O)Nc4ccccc4)cc3[N+](=O)[O-])ccc21. The first kappa shape index (κ1) is 24.0. The van der Waals surface area contributed by atoms with Gasteiger partial charge in [0.05, 0.1) is 16.0 Å². The summed E-state index contributed by atoms with van der Waals surface area (Å²) in [6.07, 6.45) is 1.57. The zero-order chi connectivity index (χ0) is 26.0. The number of nitrogens with zero attached hydrogens (tertiary/aromatic N) is 3. The molecule has 5 aromatic rings. The van der Waals surface area contributed by atoms with Crippen molar-refractivity contribution in [3.63, 3.8) is 0 Å². The predicted octanol–water partition coefficient (Wildman–Crippen LogP) is 5.97. The predicted molar refractivity (Wildman–Crippen MR) is 147 cm³/mol. The van der Waals surface area contributed by atoms with E-state index in [0.717, 1.165) is 40.0 Å². The van der Waals surface area contributed by atoms with E-state index >= 15 is 0 Å². The van der Waals surface area contributed by atoms with Gasteiger partial charge >= 0.3 is 0 Å². The van der Waals surface area contributed by atoms with Crippen LogP contribution < -0.4 is 10.1 Å². The lowest BCUT2D eigenvalue weighted by atomic mass is 10.1. The van der Waals surface area contributed by atoms with Crippen molar-refractivity contribution in [1.82, 2.24) is 4.57 Å². The highest BCUT2D eigenvalue weighted by Gasteiger charge is 2.21. The molecule has 0 fully saturated rings. The number of aromatic nitrogens is 1. The van der Waals surface area contributed by atoms with Crippen LogP contribution in [-0.2, 0) is 16.6 Å². The Balaban J connectivity index is 1.41. The van der Waals surface area contributed by atoms with Crippen LogP contribution in [0.5, 0.6) is 0 Å². The molecule has 0 bridgehead atoms. The van der Waals surface area contributed by atoms with Gasteiger partial charge in [-0.1, -0.05) is 42.5 Å². The maximum Gasteiger partial charge on any atom is 0.295 e. The zero-order valence-electron chi connectivity index (χ0n) is 19.8. The van der Waals surface area contributed by atoms with Gasteiger partial charge in [-0.3, -0.25) is 20.3 Å².